The monoisotopic (exact) mass is 377 g/mol. The molecule has 0 aliphatic rings. The first-order chi connectivity index (χ1) is 13.7. The van der Waals surface area contributed by atoms with Crippen molar-refractivity contribution in [2.45, 2.75) is 45.1 Å². The van der Waals surface area contributed by atoms with E-state index < -0.39 is 0 Å². The summed E-state index contributed by atoms with van der Waals surface area (Å²) in [7, 11) is 0. The van der Waals surface area contributed by atoms with Crippen LogP contribution < -0.4 is 5.73 Å². The average Bonchev–Trinajstić information content (AvgIpc) is 3.15. The third kappa shape index (κ3) is 4.82. The Kier molecular flexibility index (Phi) is 7.26. The van der Waals surface area contributed by atoms with Crippen LogP contribution in [0.4, 0.5) is 0 Å². The minimum absolute atomic E-state index is 0.120. The zero-order chi connectivity index (χ0) is 19.8. The second kappa shape index (κ2) is 10.1. The summed E-state index contributed by atoms with van der Waals surface area (Å²) in [4.78, 5) is 18.6. The number of nitrogens with one attached hydrogen (secondary N) is 1. The van der Waals surface area contributed by atoms with Crippen LogP contribution in [-0.4, -0.2) is 28.9 Å². The lowest BCUT2D eigenvalue weighted by atomic mass is 10.0. The van der Waals surface area contributed by atoms with Crippen LogP contribution in [0.25, 0.3) is 10.9 Å². The van der Waals surface area contributed by atoms with Gasteiger partial charge in [-0.1, -0.05) is 55.5 Å². The fourth-order valence-electron chi connectivity index (χ4n) is 3.92. The molecule has 3 rings (SSSR count). The number of rotatable bonds is 10. The number of benzene rings is 2. The summed E-state index contributed by atoms with van der Waals surface area (Å²) in [6, 6.07) is 18.7. The Morgan fingerprint density at radius 2 is 1.82 bits per heavy atom. The molecule has 3 aromatic rings. The maximum absolute atomic E-state index is 13.2. The number of hydrogen-bond acceptors (Lipinski definition) is 2. The van der Waals surface area contributed by atoms with Crippen LogP contribution in [-0.2, 0) is 11.2 Å². The maximum atomic E-state index is 13.2. The van der Waals surface area contributed by atoms with Crippen molar-refractivity contribution >= 4 is 16.8 Å². The molecule has 1 aromatic heterocycles. The zero-order valence-corrected chi connectivity index (χ0v) is 16.7. The molecule has 0 radical (unpaired) electrons. The van der Waals surface area contributed by atoms with E-state index in [0.29, 0.717) is 13.0 Å². The molecule has 148 valence electrons. The first-order valence-corrected chi connectivity index (χ1v) is 10.3. The van der Waals surface area contributed by atoms with Crippen LogP contribution in [0, 0.1) is 0 Å². The molecule has 3 N–H and O–H groups in total. The highest BCUT2D eigenvalue weighted by Crippen LogP contribution is 2.26. The highest BCUT2D eigenvalue weighted by molar-refractivity contribution is 5.84. The van der Waals surface area contributed by atoms with Gasteiger partial charge in [-0.05, 0) is 49.4 Å². The maximum Gasteiger partial charge on any atom is 0.223 e. The number of carbonyl (C=O) groups is 1. The minimum atomic E-state index is 0.120. The molecule has 0 fully saturated rings. The van der Waals surface area contributed by atoms with Gasteiger partial charge in [-0.3, -0.25) is 4.79 Å². The summed E-state index contributed by atoms with van der Waals surface area (Å²) >= 11 is 0. The van der Waals surface area contributed by atoms with Gasteiger partial charge in [-0.15, -0.1) is 0 Å². The largest absolute Gasteiger partial charge is 0.361 e. The van der Waals surface area contributed by atoms with Gasteiger partial charge in [0.1, 0.15) is 0 Å². The molecule has 0 saturated carbocycles. The van der Waals surface area contributed by atoms with E-state index in [4.69, 9.17) is 5.73 Å². The molecule has 2 aromatic carbocycles. The second-order valence-corrected chi connectivity index (χ2v) is 7.28. The van der Waals surface area contributed by atoms with Gasteiger partial charge in [0.25, 0.3) is 0 Å². The third-order valence-electron chi connectivity index (χ3n) is 5.40. The Hall–Kier alpha value is -2.59. The van der Waals surface area contributed by atoms with E-state index in [9.17, 15) is 4.79 Å². The predicted octanol–water partition coefficient (Wildman–Crippen LogP) is 4.82. The Morgan fingerprint density at radius 3 is 2.57 bits per heavy atom. The Balaban J connectivity index is 1.74. The Bertz CT molecular complexity index is 872. The van der Waals surface area contributed by atoms with Crippen molar-refractivity contribution in [2.24, 2.45) is 5.73 Å². The van der Waals surface area contributed by atoms with Crippen molar-refractivity contribution in [1.82, 2.24) is 9.88 Å². The molecule has 1 amide bonds. The summed E-state index contributed by atoms with van der Waals surface area (Å²) in [5.41, 5.74) is 9.22. The van der Waals surface area contributed by atoms with Gasteiger partial charge < -0.3 is 15.6 Å². The van der Waals surface area contributed by atoms with E-state index in [-0.39, 0.29) is 11.9 Å². The average molecular weight is 378 g/mol. The number of hydrogen-bond donors (Lipinski definition) is 2. The fourth-order valence-corrected chi connectivity index (χ4v) is 3.92. The number of amides is 1. The highest BCUT2D eigenvalue weighted by Gasteiger charge is 2.23. The van der Waals surface area contributed by atoms with Crippen molar-refractivity contribution in [1.29, 1.82) is 0 Å². The van der Waals surface area contributed by atoms with E-state index >= 15 is 0 Å². The van der Waals surface area contributed by atoms with E-state index in [1.165, 1.54) is 16.5 Å². The van der Waals surface area contributed by atoms with Gasteiger partial charge >= 0.3 is 0 Å². The van der Waals surface area contributed by atoms with Crippen LogP contribution >= 0.6 is 0 Å². The number of unbranched alkanes of at least 4 members (excludes halogenated alkanes) is 1. The van der Waals surface area contributed by atoms with Crippen molar-refractivity contribution in [3.05, 3.63) is 71.9 Å². The smallest absolute Gasteiger partial charge is 0.223 e. The molecule has 28 heavy (non-hydrogen) atoms. The van der Waals surface area contributed by atoms with Crippen LogP contribution in [0.3, 0.4) is 0 Å². The minimum Gasteiger partial charge on any atom is -0.361 e. The van der Waals surface area contributed by atoms with Crippen molar-refractivity contribution in [3.8, 4) is 0 Å². The number of aromatic nitrogens is 1. The molecule has 1 atom stereocenters. The van der Waals surface area contributed by atoms with E-state index in [0.717, 1.165) is 37.7 Å². The van der Waals surface area contributed by atoms with Gasteiger partial charge in [-0.2, -0.15) is 0 Å². The topological polar surface area (TPSA) is 62.1 Å². The molecule has 0 aliphatic heterocycles. The number of nitrogens with zero attached hydrogens (tertiary/aromatic N) is 1. The predicted molar refractivity (Wildman–Crippen MR) is 116 cm³/mol. The number of nitrogens with two attached hydrogens (primary N) is 1. The standard InChI is InChI=1S/C24H31N3O/c1-2-23(19-10-4-3-5-11-19)27(17-9-8-16-25)24(28)15-14-20-18-26-22-13-7-6-12-21(20)22/h3-7,10-13,18,23,26H,2,8-9,14-17,25H2,1H3. The van der Waals surface area contributed by atoms with E-state index in [1.807, 2.05) is 36.5 Å². The van der Waals surface area contributed by atoms with Gasteiger partial charge in [0.05, 0.1) is 6.04 Å². The number of aromatic amines is 1. The molecule has 4 nitrogen and oxygen atoms in total. The lowest BCUT2D eigenvalue weighted by Gasteiger charge is -2.32. The van der Waals surface area contributed by atoms with Crippen LogP contribution in [0.2, 0.25) is 0 Å². The number of para-hydroxylation sites is 1. The molecule has 1 heterocycles. The highest BCUT2D eigenvalue weighted by atomic mass is 16.2. The molecule has 0 aliphatic carbocycles. The molecule has 1 unspecified atom stereocenters. The zero-order valence-electron chi connectivity index (χ0n) is 16.7. The molecular weight excluding hydrogens is 346 g/mol. The first kappa shape index (κ1) is 20.2. The van der Waals surface area contributed by atoms with Crippen molar-refractivity contribution in [3.63, 3.8) is 0 Å². The number of fused-ring (bicyclic) bond motifs is 1. The van der Waals surface area contributed by atoms with Crippen LogP contribution in [0.5, 0.6) is 0 Å². The third-order valence-corrected chi connectivity index (χ3v) is 5.40. The first-order valence-electron chi connectivity index (χ1n) is 10.3. The molecule has 0 spiro atoms. The van der Waals surface area contributed by atoms with Gasteiger partial charge in [0, 0.05) is 30.1 Å². The van der Waals surface area contributed by atoms with Gasteiger partial charge in [0.15, 0.2) is 0 Å². The normalized spacial score (nSPS) is 12.2. The van der Waals surface area contributed by atoms with Crippen LogP contribution in [0.15, 0.2) is 60.8 Å². The SMILES string of the molecule is CCC(c1ccccc1)N(CCCCN)C(=O)CCc1c[nH]c2ccccc12. The van der Waals surface area contributed by atoms with Gasteiger partial charge in [-0.25, -0.2) is 0 Å². The summed E-state index contributed by atoms with van der Waals surface area (Å²) in [5.74, 6) is 0.220. The fraction of sp³-hybridized carbons (Fsp3) is 0.375. The van der Waals surface area contributed by atoms with Gasteiger partial charge in [0.2, 0.25) is 5.91 Å². The molecule has 4 heteroatoms. The molecular formula is C24H31N3O. The summed E-state index contributed by atoms with van der Waals surface area (Å²) in [6.07, 6.45) is 6.10. The van der Waals surface area contributed by atoms with E-state index in [2.05, 4.69) is 41.1 Å². The van der Waals surface area contributed by atoms with Crippen LogP contribution in [0.1, 0.15) is 49.8 Å². The summed E-state index contributed by atoms with van der Waals surface area (Å²) in [6.45, 7) is 3.58. The lowest BCUT2D eigenvalue weighted by Crippen LogP contribution is -2.36. The summed E-state index contributed by atoms with van der Waals surface area (Å²) < 4.78 is 0. The number of carbonyl (C=O) groups excluding carboxylic acids is 1. The quantitative estimate of drug-likeness (QED) is 0.498. The molecule has 0 saturated heterocycles. The molecule has 0 bridgehead atoms. The Labute approximate surface area is 167 Å². The number of aryl methyl sites for hydroxylation is 1. The lowest BCUT2D eigenvalue weighted by molar-refractivity contribution is -0.133. The Morgan fingerprint density at radius 1 is 1.07 bits per heavy atom. The van der Waals surface area contributed by atoms with E-state index in [1.54, 1.807) is 0 Å². The summed E-state index contributed by atoms with van der Waals surface area (Å²) in [5, 5.41) is 1.21. The van der Waals surface area contributed by atoms with Crippen molar-refractivity contribution in [2.75, 3.05) is 13.1 Å². The number of H-pyrrole nitrogens is 1. The van der Waals surface area contributed by atoms with Crippen molar-refractivity contribution < 1.29 is 4.79 Å². The second-order valence-electron chi connectivity index (χ2n) is 7.28.